The zero-order chi connectivity index (χ0) is 32.5. The van der Waals surface area contributed by atoms with Crippen molar-refractivity contribution in [2.45, 2.75) is 19.4 Å². The van der Waals surface area contributed by atoms with Crippen LogP contribution in [0.5, 0.6) is 11.5 Å². The van der Waals surface area contributed by atoms with Gasteiger partial charge in [0.2, 0.25) is 11.8 Å². The first-order valence-corrected chi connectivity index (χ1v) is 15.4. The Morgan fingerprint density at radius 2 is 1.57 bits per heavy atom. The molecule has 2 fully saturated rings. The fourth-order valence-corrected chi connectivity index (χ4v) is 5.96. The van der Waals surface area contributed by atoms with Crippen LogP contribution >= 0.6 is 0 Å². The molecular formula is C36H32F2N6O3. The number of hydrogen-bond acceptors (Lipinski definition) is 7. The Bertz CT molecular complexity index is 1940. The van der Waals surface area contributed by atoms with E-state index in [1.807, 2.05) is 12.1 Å². The quantitative estimate of drug-likeness (QED) is 0.200. The molecule has 1 aliphatic carbocycles. The van der Waals surface area contributed by atoms with Crippen molar-refractivity contribution in [2.24, 2.45) is 11.1 Å². The highest BCUT2D eigenvalue weighted by molar-refractivity contribution is 6.16. The maximum Gasteiger partial charge on any atom is 0.247 e. The maximum atomic E-state index is 15.6. The largest absolute Gasteiger partial charge is 0.452 e. The highest BCUT2D eigenvalue weighted by Crippen LogP contribution is 2.49. The van der Waals surface area contributed by atoms with Crippen LogP contribution in [0.3, 0.4) is 0 Å². The minimum atomic E-state index is -1.38. The van der Waals surface area contributed by atoms with Crippen molar-refractivity contribution in [1.82, 2.24) is 14.9 Å². The lowest BCUT2D eigenvalue weighted by Crippen LogP contribution is -2.46. The molecule has 0 bridgehead atoms. The van der Waals surface area contributed by atoms with Crippen LogP contribution in [0, 0.1) is 17.0 Å². The van der Waals surface area contributed by atoms with Crippen LogP contribution in [0.1, 0.15) is 18.4 Å². The number of rotatable bonds is 9. The molecule has 0 radical (unpaired) electrons. The zero-order valence-electron chi connectivity index (χ0n) is 25.5. The first-order valence-electron chi connectivity index (χ1n) is 15.4. The predicted octanol–water partition coefficient (Wildman–Crippen LogP) is 5.95. The summed E-state index contributed by atoms with van der Waals surface area (Å²) < 4.78 is 35.3. The van der Waals surface area contributed by atoms with Gasteiger partial charge in [-0.2, -0.15) is 0 Å². The summed E-state index contributed by atoms with van der Waals surface area (Å²) in [6.45, 7) is 4.47. The summed E-state index contributed by atoms with van der Waals surface area (Å²) in [5.74, 6) is -2.37. The maximum absolute atomic E-state index is 15.6. The molecule has 47 heavy (non-hydrogen) atoms. The second-order valence-corrected chi connectivity index (χ2v) is 11.9. The van der Waals surface area contributed by atoms with E-state index >= 15 is 4.39 Å². The van der Waals surface area contributed by atoms with Gasteiger partial charge in [0.25, 0.3) is 0 Å². The van der Waals surface area contributed by atoms with Crippen LogP contribution in [0.4, 0.5) is 25.8 Å². The number of pyridine rings is 2. The van der Waals surface area contributed by atoms with Gasteiger partial charge in [-0.1, -0.05) is 30.3 Å². The third kappa shape index (κ3) is 6.09. The fraction of sp³-hybridized carbons (Fsp3) is 0.222. The molecule has 11 heteroatoms. The number of fused-ring (bicyclic) bond motifs is 1. The number of hydrogen-bond donors (Lipinski definition) is 1. The summed E-state index contributed by atoms with van der Waals surface area (Å²) >= 11 is 0. The minimum absolute atomic E-state index is 0.0933. The van der Waals surface area contributed by atoms with Crippen LogP contribution < -0.4 is 20.3 Å². The van der Waals surface area contributed by atoms with Gasteiger partial charge in [-0.15, -0.1) is 0 Å². The second kappa shape index (κ2) is 12.4. The molecule has 0 spiro atoms. The molecule has 0 unspecified atom stereocenters. The summed E-state index contributed by atoms with van der Waals surface area (Å²) in [4.78, 5) is 40.8. The van der Waals surface area contributed by atoms with E-state index in [1.165, 1.54) is 46.9 Å². The number of primary amides is 1. The number of carbonyl (C=O) groups excluding carboxylic acids is 2. The van der Waals surface area contributed by atoms with Crippen LogP contribution in [0.15, 0.2) is 97.3 Å². The van der Waals surface area contributed by atoms with E-state index < -0.39 is 28.9 Å². The first kappa shape index (κ1) is 30.2. The Morgan fingerprint density at radius 1 is 0.851 bits per heavy atom. The van der Waals surface area contributed by atoms with Gasteiger partial charge in [-0.25, -0.2) is 13.8 Å². The second-order valence-electron chi connectivity index (χ2n) is 11.9. The lowest BCUT2D eigenvalue weighted by atomic mass is 10.0. The number of aromatic nitrogens is 2. The van der Waals surface area contributed by atoms with Crippen molar-refractivity contribution in [3.8, 4) is 11.5 Å². The van der Waals surface area contributed by atoms with Gasteiger partial charge in [0.05, 0.1) is 23.1 Å². The number of benzene rings is 3. The molecule has 5 aromatic rings. The summed E-state index contributed by atoms with van der Waals surface area (Å²) in [5, 5.41) is 0. The van der Waals surface area contributed by atoms with Gasteiger partial charge in [0, 0.05) is 56.7 Å². The van der Waals surface area contributed by atoms with Crippen LogP contribution in [-0.4, -0.2) is 52.9 Å². The van der Waals surface area contributed by atoms with E-state index in [4.69, 9.17) is 10.5 Å². The van der Waals surface area contributed by atoms with Gasteiger partial charge in [0.1, 0.15) is 16.7 Å². The molecule has 1 saturated carbocycles. The van der Waals surface area contributed by atoms with Crippen molar-refractivity contribution >= 4 is 39.9 Å². The van der Waals surface area contributed by atoms with Gasteiger partial charge < -0.3 is 15.4 Å². The van der Waals surface area contributed by atoms with E-state index in [1.54, 1.807) is 18.5 Å². The number of piperazine rings is 1. The van der Waals surface area contributed by atoms with E-state index in [0.717, 1.165) is 44.5 Å². The third-order valence-corrected chi connectivity index (χ3v) is 8.83. The zero-order valence-corrected chi connectivity index (χ0v) is 25.5. The Morgan fingerprint density at radius 3 is 2.26 bits per heavy atom. The van der Waals surface area contributed by atoms with E-state index in [0.29, 0.717) is 16.8 Å². The molecule has 238 valence electrons. The van der Waals surface area contributed by atoms with Crippen molar-refractivity contribution in [3.63, 3.8) is 0 Å². The molecule has 3 aromatic carbocycles. The van der Waals surface area contributed by atoms with E-state index in [2.05, 4.69) is 44.0 Å². The molecule has 9 nitrogen and oxygen atoms in total. The van der Waals surface area contributed by atoms with Crippen LogP contribution in [0.2, 0.25) is 0 Å². The average Bonchev–Trinajstić information content (AvgIpc) is 3.90. The molecule has 2 aliphatic rings. The molecule has 2 amide bonds. The van der Waals surface area contributed by atoms with Crippen molar-refractivity contribution in [3.05, 3.63) is 115 Å². The minimum Gasteiger partial charge on any atom is -0.452 e. The molecule has 1 saturated heterocycles. The van der Waals surface area contributed by atoms with Gasteiger partial charge in [-0.05, 0) is 60.9 Å². The number of carbonyl (C=O) groups is 2. The Kier molecular flexibility index (Phi) is 7.98. The van der Waals surface area contributed by atoms with Crippen LogP contribution in [-0.2, 0) is 16.1 Å². The van der Waals surface area contributed by atoms with E-state index in [9.17, 15) is 14.0 Å². The standard InChI is InChI=1S/C36H32F2N6O3/c37-25-6-8-26(9-7-25)44(35(46)36(13-14-36)34(39)45)27-10-11-31(29(38)20-27)47-32-12-15-40-30-21-28(22-41-33(30)32)43-18-16-42(17-19-43)23-24-4-2-1-3-5-24/h1-12,15,20-22H,13-14,16-19,23H2,(H2,39,45). The molecule has 2 aromatic heterocycles. The number of halogens is 2. The molecule has 3 heterocycles. The summed E-state index contributed by atoms with van der Waals surface area (Å²) in [5.41, 5.74) is 7.93. The van der Waals surface area contributed by atoms with E-state index in [-0.39, 0.29) is 30.0 Å². The fourth-order valence-electron chi connectivity index (χ4n) is 5.96. The smallest absolute Gasteiger partial charge is 0.247 e. The Hall–Kier alpha value is -5.42. The normalized spacial score (nSPS) is 15.7. The summed E-state index contributed by atoms with van der Waals surface area (Å²) in [7, 11) is 0. The lowest BCUT2D eigenvalue weighted by molar-refractivity contribution is -0.133. The van der Waals surface area contributed by atoms with Gasteiger partial charge in [-0.3, -0.25) is 24.4 Å². The highest BCUT2D eigenvalue weighted by Gasteiger charge is 2.57. The molecule has 7 rings (SSSR count). The van der Waals surface area contributed by atoms with Crippen molar-refractivity contribution in [2.75, 3.05) is 36.0 Å². The van der Waals surface area contributed by atoms with Crippen molar-refractivity contribution < 1.29 is 23.1 Å². The molecule has 2 N–H and O–H groups in total. The first-order chi connectivity index (χ1) is 22.8. The van der Waals surface area contributed by atoms with Gasteiger partial charge >= 0.3 is 0 Å². The molecule has 1 aliphatic heterocycles. The third-order valence-electron chi connectivity index (χ3n) is 8.83. The Balaban J connectivity index is 1.09. The average molecular weight is 635 g/mol. The summed E-state index contributed by atoms with van der Waals surface area (Å²) in [6.07, 6.45) is 3.94. The number of nitrogens with two attached hydrogens (primary N) is 1. The molecular weight excluding hydrogens is 602 g/mol. The number of nitrogens with zero attached hydrogens (tertiary/aromatic N) is 5. The SMILES string of the molecule is NC(=O)C1(C(=O)N(c2ccc(F)cc2)c2ccc(Oc3ccnc4cc(N5CCN(Cc6ccccc6)CC5)cnc34)c(F)c2)CC1. The number of amides is 2. The van der Waals surface area contributed by atoms with Gasteiger partial charge in [0.15, 0.2) is 17.3 Å². The topological polar surface area (TPSA) is 105 Å². The summed E-state index contributed by atoms with van der Waals surface area (Å²) in [6, 6.07) is 23.2. The molecule has 0 atom stereocenters. The number of anilines is 3. The Labute approximate surface area is 270 Å². The number of ether oxygens (including phenoxy) is 1. The van der Waals surface area contributed by atoms with Crippen molar-refractivity contribution in [1.29, 1.82) is 0 Å². The lowest BCUT2D eigenvalue weighted by Gasteiger charge is -2.36. The predicted molar refractivity (Wildman–Crippen MR) is 174 cm³/mol. The van der Waals surface area contributed by atoms with Crippen LogP contribution in [0.25, 0.3) is 11.0 Å². The monoisotopic (exact) mass is 634 g/mol. The highest BCUT2D eigenvalue weighted by atomic mass is 19.1.